The van der Waals surface area contributed by atoms with Crippen molar-refractivity contribution < 1.29 is 4.74 Å². The zero-order valence-corrected chi connectivity index (χ0v) is 13.9. The van der Waals surface area contributed by atoms with Crippen LogP contribution in [0.25, 0.3) is 0 Å². The van der Waals surface area contributed by atoms with Crippen LogP contribution >= 0.6 is 0 Å². The molecule has 1 saturated heterocycles. The molecular formula is C17H31N3O. The smallest absolute Gasteiger partial charge is 0.104 e. The van der Waals surface area contributed by atoms with Gasteiger partial charge in [0, 0.05) is 18.6 Å². The second-order valence-electron chi connectivity index (χ2n) is 7.14. The zero-order valence-electron chi connectivity index (χ0n) is 13.9. The number of nitriles is 1. The standard InChI is InChI=1S/C17H31N3O/c1-14(2)19-17(3,13-18)9-6-10-20-11-12-21-16-8-5-4-7-15(16)20/h14-16,19H,4-12H2,1-3H3. The fraction of sp³-hybridized carbons (Fsp3) is 0.941. The molecule has 1 N–H and O–H groups in total. The van der Waals surface area contributed by atoms with Crippen LogP contribution in [0.3, 0.4) is 0 Å². The van der Waals surface area contributed by atoms with Crippen LogP contribution in [0.2, 0.25) is 0 Å². The molecule has 2 rings (SSSR count). The lowest BCUT2D eigenvalue weighted by Gasteiger charge is -2.44. The van der Waals surface area contributed by atoms with Crippen LogP contribution in [0.5, 0.6) is 0 Å². The number of fused-ring (bicyclic) bond motifs is 1. The number of hydrogen-bond acceptors (Lipinski definition) is 4. The predicted molar refractivity (Wildman–Crippen MR) is 85.1 cm³/mol. The van der Waals surface area contributed by atoms with Crippen molar-refractivity contribution in [1.82, 2.24) is 10.2 Å². The first-order chi connectivity index (χ1) is 10.0. The van der Waals surface area contributed by atoms with E-state index in [1.54, 1.807) is 0 Å². The number of nitrogens with one attached hydrogen (secondary N) is 1. The summed E-state index contributed by atoms with van der Waals surface area (Å²) in [7, 11) is 0. The Kier molecular flexibility index (Phi) is 6.04. The highest BCUT2D eigenvalue weighted by atomic mass is 16.5. The topological polar surface area (TPSA) is 48.3 Å². The highest BCUT2D eigenvalue weighted by molar-refractivity contribution is 5.04. The monoisotopic (exact) mass is 293 g/mol. The van der Waals surface area contributed by atoms with Gasteiger partial charge in [-0.1, -0.05) is 12.8 Å². The first-order valence-electron chi connectivity index (χ1n) is 8.59. The molecule has 1 saturated carbocycles. The Morgan fingerprint density at radius 2 is 2.14 bits per heavy atom. The number of hydrogen-bond donors (Lipinski definition) is 1. The molecule has 4 heteroatoms. The summed E-state index contributed by atoms with van der Waals surface area (Å²) in [5.74, 6) is 0. The Morgan fingerprint density at radius 3 is 2.86 bits per heavy atom. The van der Waals surface area contributed by atoms with Gasteiger partial charge in [-0.2, -0.15) is 5.26 Å². The third-order valence-electron chi connectivity index (χ3n) is 4.82. The lowest BCUT2D eigenvalue weighted by atomic mass is 9.89. The van der Waals surface area contributed by atoms with E-state index in [-0.39, 0.29) is 0 Å². The molecule has 0 aromatic carbocycles. The first kappa shape index (κ1) is 16.7. The molecule has 21 heavy (non-hydrogen) atoms. The summed E-state index contributed by atoms with van der Waals surface area (Å²) in [4.78, 5) is 2.61. The van der Waals surface area contributed by atoms with Crippen molar-refractivity contribution in [2.75, 3.05) is 19.7 Å². The van der Waals surface area contributed by atoms with Gasteiger partial charge < -0.3 is 4.74 Å². The van der Waals surface area contributed by atoms with Gasteiger partial charge >= 0.3 is 0 Å². The second-order valence-corrected chi connectivity index (χ2v) is 7.14. The highest BCUT2D eigenvalue weighted by Crippen LogP contribution is 2.28. The SMILES string of the molecule is CC(C)NC(C)(C#N)CCCN1CCOC2CCCCC21. The van der Waals surface area contributed by atoms with Gasteiger partial charge in [0.1, 0.15) is 5.54 Å². The Hall–Kier alpha value is -0.630. The molecular weight excluding hydrogens is 262 g/mol. The maximum atomic E-state index is 9.41. The Balaban J connectivity index is 1.80. The number of nitrogens with zero attached hydrogens (tertiary/aromatic N) is 2. The number of morpholine rings is 1. The zero-order chi connectivity index (χ0) is 15.3. The molecule has 4 nitrogen and oxygen atoms in total. The van der Waals surface area contributed by atoms with Crippen LogP contribution in [0.15, 0.2) is 0 Å². The van der Waals surface area contributed by atoms with Crippen molar-refractivity contribution in [3.63, 3.8) is 0 Å². The van der Waals surface area contributed by atoms with E-state index in [2.05, 4.69) is 30.1 Å². The maximum absolute atomic E-state index is 9.41. The van der Waals surface area contributed by atoms with Crippen LogP contribution in [0, 0.1) is 11.3 Å². The molecule has 0 amide bonds. The van der Waals surface area contributed by atoms with E-state index in [0.717, 1.165) is 32.5 Å². The van der Waals surface area contributed by atoms with Crippen LogP contribution in [0.4, 0.5) is 0 Å². The summed E-state index contributed by atoms with van der Waals surface area (Å²) in [5, 5.41) is 12.8. The predicted octanol–water partition coefficient (Wildman–Crippen LogP) is 2.69. The van der Waals surface area contributed by atoms with Crippen molar-refractivity contribution in [2.45, 2.75) is 83.0 Å². The summed E-state index contributed by atoms with van der Waals surface area (Å²) in [5.41, 5.74) is -0.396. The van der Waals surface area contributed by atoms with Gasteiger partial charge in [-0.25, -0.2) is 0 Å². The van der Waals surface area contributed by atoms with E-state index in [1.165, 1.54) is 25.7 Å². The minimum atomic E-state index is -0.396. The largest absolute Gasteiger partial charge is 0.375 e. The van der Waals surface area contributed by atoms with Crippen molar-refractivity contribution >= 4 is 0 Å². The molecule has 0 spiro atoms. The third kappa shape index (κ3) is 4.67. The van der Waals surface area contributed by atoms with Crippen molar-refractivity contribution in [3.8, 4) is 6.07 Å². The van der Waals surface area contributed by atoms with Gasteiger partial charge in [-0.15, -0.1) is 0 Å². The maximum Gasteiger partial charge on any atom is 0.104 e. The van der Waals surface area contributed by atoms with Gasteiger partial charge in [0.2, 0.25) is 0 Å². The number of rotatable bonds is 6. The Labute approximate surface area is 129 Å². The van der Waals surface area contributed by atoms with Crippen molar-refractivity contribution in [3.05, 3.63) is 0 Å². The van der Waals surface area contributed by atoms with Gasteiger partial charge in [0.15, 0.2) is 0 Å². The van der Waals surface area contributed by atoms with Gasteiger partial charge in [-0.05, 0) is 53.0 Å². The molecule has 2 aliphatic rings. The third-order valence-corrected chi connectivity index (χ3v) is 4.82. The van der Waals surface area contributed by atoms with Crippen LogP contribution < -0.4 is 5.32 Å². The van der Waals surface area contributed by atoms with Crippen LogP contribution in [-0.4, -0.2) is 48.3 Å². The molecule has 1 aliphatic carbocycles. The summed E-state index contributed by atoms with van der Waals surface area (Å²) in [6, 6.07) is 3.42. The molecule has 0 aromatic heterocycles. The van der Waals surface area contributed by atoms with E-state index < -0.39 is 5.54 Å². The quantitative estimate of drug-likeness (QED) is 0.818. The molecule has 3 atom stereocenters. The van der Waals surface area contributed by atoms with E-state index in [4.69, 9.17) is 4.74 Å². The molecule has 0 bridgehead atoms. The lowest BCUT2D eigenvalue weighted by molar-refractivity contribution is -0.0884. The normalized spacial score (nSPS) is 29.7. The van der Waals surface area contributed by atoms with E-state index >= 15 is 0 Å². The van der Waals surface area contributed by atoms with Crippen molar-refractivity contribution in [2.24, 2.45) is 0 Å². The highest BCUT2D eigenvalue weighted by Gasteiger charge is 2.34. The summed E-state index contributed by atoms with van der Waals surface area (Å²) in [6.07, 6.45) is 7.62. The summed E-state index contributed by atoms with van der Waals surface area (Å²) in [6.45, 7) is 9.26. The van der Waals surface area contributed by atoms with Crippen molar-refractivity contribution in [1.29, 1.82) is 5.26 Å². The molecule has 1 heterocycles. The van der Waals surface area contributed by atoms with E-state index in [0.29, 0.717) is 18.2 Å². The lowest BCUT2D eigenvalue weighted by Crippen LogP contribution is -2.53. The van der Waals surface area contributed by atoms with Gasteiger partial charge in [0.05, 0.1) is 18.8 Å². The fourth-order valence-corrected chi connectivity index (χ4v) is 3.89. The molecule has 0 aromatic rings. The van der Waals surface area contributed by atoms with Gasteiger partial charge in [-0.3, -0.25) is 10.2 Å². The molecule has 3 unspecified atom stereocenters. The average molecular weight is 293 g/mol. The molecule has 2 fully saturated rings. The van der Waals surface area contributed by atoms with Gasteiger partial charge in [0.25, 0.3) is 0 Å². The molecule has 1 aliphatic heterocycles. The minimum absolute atomic E-state index is 0.348. The molecule has 0 radical (unpaired) electrons. The summed E-state index contributed by atoms with van der Waals surface area (Å²) >= 11 is 0. The Bertz CT molecular complexity index is 364. The molecule has 120 valence electrons. The minimum Gasteiger partial charge on any atom is -0.375 e. The average Bonchev–Trinajstić information content (AvgIpc) is 2.47. The van der Waals surface area contributed by atoms with E-state index in [9.17, 15) is 5.26 Å². The Morgan fingerprint density at radius 1 is 1.38 bits per heavy atom. The number of ether oxygens (including phenoxy) is 1. The van der Waals surface area contributed by atoms with E-state index in [1.807, 2.05) is 6.92 Å². The van der Waals surface area contributed by atoms with Crippen LogP contribution in [-0.2, 0) is 4.74 Å². The van der Waals surface area contributed by atoms with Crippen LogP contribution in [0.1, 0.15) is 59.3 Å². The first-order valence-corrected chi connectivity index (χ1v) is 8.59. The summed E-state index contributed by atoms with van der Waals surface area (Å²) < 4.78 is 5.93. The fourth-order valence-electron chi connectivity index (χ4n) is 3.89. The second kappa shape index (κ2) is 7.58.